The van der Waals surface area contributed by atoms with Gasteiger partial charge in [0.1, 0.15) is 33.5 Å². The Kier molecular flexibility index (Phi) is 18.3. The molecule has 0 saturated carbocycles. The van der Waals surface area contributed by atoms with Crippen LogP contribution in [0.3, 0.4) is 0 Å². The minimum atomic E-state index is -0.0225. The van der Waals surface area contributed by atoms with Gasteiger partial charge in [-0.15, -0.1) is 11.3 Å². The summed E-state index contributed by atoms with van der Waals surface area (Å²) in [4.78, 5) is 31.3. The lowest BCUT2D eigenvalue weighted by Crippen LogP contribution is -2.14. The molecule has 14 heteroatoms. The second kappa shape index (κ2) is 32.2. The molecule has 13 nitrogen and oxygen atoms in total. The molecule has 0 bridgehead atoms. The van der Waals surface area contributed by atoms with E-state index in [1.165, 1.54) is 69.5 Å². The fourth-order valence-corrected chi connectivity index (χ4v) is 23.7. The first-order chi connectivity index (χ1) is 70.7. The molecular formula is C129H80N10O3S. The summed E-state index contributed by atoms with van der Waals surface area (Å²) in [5.74, 6) is 1.90. The third kappa shape index (κ3) is 12.9. The van der Waals surface area contributed by atoms with E-state index in [1.54, 1.807) is 0 Å². The van der Waals surface area contributed by atoms with Crippen LogP contribution in [-0.4, -0.2) is 48.2 Å². The fraction of sp³-hybridized carbons (Fsp3) is 0.0233. The van der Waals surface area contributed by atoms with Crippen LogP contribution >= 0.6 is 11.3 Å². The van der Waals surface area contributed by atoms with Gasteiger partial charge in [0.25, 0.3) is 0 Å². The summed E-state index contributed by atoms with van der Waals surface area (Å²) >= 11 is 1.92. The predicted molar refractivity (Wildman–Crippen MR) is 588 cm³/mol. The zero-order valence-electron chi connectivity index (χ0n) is 77.3. The van der Waals surface area contributed by atoms with Gasteiger partial charge in [-0.2, -0.15) is 0 Å². The van der Waals surface area contributed by atoms with Gasteiger partial charge in [-0.05, 0) is 126 Å². The highest BCUT2D eigenvalue weighted by atomic mass is 32.1. The lowest BCUT2D eigenvalue weighted by molar-refractivity contribution is 0.661. The Bertz CT molecular complexity index is 10300. The van der Waals surface area contributed by atoms with Crippen LogP contribution in [0.15, 0.2) is 462 Å². The molecule has 0 amide bonds. The van der Waals surface area contributed by atoms with E-state index < -0.39 is 0 Å². The molecule has 670 valence electrons. The van der Waals surface area contributed by atoms with Crippen LogP contribution in [0.5, 0.6) is 0 Å². The maximum atomic E-state index is 6.74. The van der Waals surface area contributed by atoms with Crippen LogP contribution in [0.25, 0.3) is 275 Å². The Hall–Kier alpha value is -18.8. The third-order valence-corrected chi connectivity index (χ3v) is 30.2. The van der Waals surface area contributed by atoms with Crippen molar-refractivity contribution in [2.75, 3.05) is 0 Å². The molecule has 0 saturated heterocycles. The molecule has 0 spiro atoms. The number of hydrogen-bond donors (Lipinski definition) is 0. The van der Waals surface area contributed by atoms with Crippen LogP contribution in [0, 0.1) is 0 Å². The van der Waals surface area contributed by atoms with E-state index in [0.29, 0.717) is 17.8 Å². The van der Waals surface area contributed by atoms with Gasteiger partial charge in [0.05, 0.1) is 78.3 Å². The molecule has 11 aromatic heterocycles. The first-order valence-electron chi connectivity index (χ1n) is 48.3. The standard InChI is InChI=1S/C46H28N4O.C43H29N3S.C40H23N3O2/c1-4-14-29(15-5-1)36-27-37(30-16-6-2-7-17-30)48-46(47-36)50-38-22-12-10-20-32(38)34-26-35-43(28-41(34)50)51-42-25-24-40-44(45(35)42)33-21-11-13-23-39(33)49(40)31-18-8-3-9-19-31;1-43(2)33-19-11-9-18-30(33)40-34(43)22-21-29-32-23-38-31(24-39(32)47-41(29)40)28-17-10-12-20-37(28)46(38)42-44-35(26-13-5-3-6-14-26)25-36(45-42)27-15-7-4-8-16-27;1-3-11-24(12-4-1)30-22-31(25-13-5-2-6-14-25)42-40(41-30)43-32-17-9-7-15-26(32)28-21-29-37(23-33(28)43)45-36-20-19-35-38(39(29)36)27-16-8-10-18-34(27)44-35/h1-28H;3-25H,1-2H3;1-23H. The number of rotatable bonds is 10. The van der Waals surface area contributed by atoms with Crippen LogP contribution in [0.4, 0.5) is 0 Å². The first kappa shape index (κ1) is 81.4. The van der Waals surface area contributed by atoms with E-state index in [1.807, 2.05) is 121 Å². The number of benzene rings is 19. The van der Waals surface area contributed by atoms with Crippen molar-refractivity contribution >= 4 is 185 Å². The SMILES string of the molecule is CC1(C)c2ccccc2-c2c1ccc1c2sc2cc3c4ccccc4n(-c4nc(-c5ccccc5)cc(-c5ccccc5)n4)c3cc21.c1ccc(-c2cc(-c3ccccc3)nc(-n3c4ccccc4c4cc5c(cc43)oc3ccc4c(c6ccccc6n4-c4ccccc4)c35)n2)cc1.c1ccc(-c2cc(-c3ccccc3)nc(-n3c4ccccc4c4cc5c(cc43)oc3ccc4oc6ccccc6c4c35)n2)cc1. The monoisotopic (exact) mass is 1850 g/mol. The molecular weight excluding hydrogens is 1770 g/mol. The molecule has 0 atom stereocenters. The number of fused-ring (bicyclic) bond motifs is 30. The molecule has 0 unspecified atom stereocenters. The van der Waals surface area contributed by atoms with Gasteiger partial charge in [0.15, 0.2) is 0 Å². The van der Waals surface area contributed by atoms with Crippen molar-refractivity contribution in [2.45, 2.75) is 19.3 Å². The molecule has 1 aliphatic carbocycles. The van der Waals surface area contributed by atoms with Gasteiger partial charge in [0.2, 0.25) is 17.8 Å². The molecule has 0 aliphatic heterocycles. The van der Waals surface area contributed by atoms with Crippen molar-refractivity contribution in [3.05, 3.63) is 460 Å². The van der Waals surface area contributed by atoms with E-state index in [9.17, 15) is 0 Å². The van der Waals surface area contributed by atoms with Gasteiger partial charge in [0, 0.05) is 158 Å². The minimum Gasteiger partial charge on any atom is -0.456 e. The number of para-hydroxylation sites is 6. The number of furan rings is 3. The molecule has 11 heterocycles. The summed E-state index contributed by atoms with van der Waals surface area (Å²) in [7, 11) is 0. The topological polar surface area (TPSA) is 136 Å². The van der Waals surface area contributed by atoms with Crippen molar-refractivity contribution in [2.24, 2.45) is 0 Å². The molecule has 30 aromatic rings. The van der Waals surface area contributed by atoms with Gasteiger partial charge >= 0.3 is 0 Å². The van der Waals surface area contributed by atoms with Crippen LogP contribution < -0.4 is 0 Å². The second-order valence-electron chi connectivity index (χ2n) is 37.4. The Balaban J connectivity index is 0.000000102. The Morgan fingerprint density at radius 3 is 1.00 bits per heavy atom. The van der Waals surface area contributed by atoms with E-state index >= 15 is 0 Å². The van der Waals surface area contributed by atoms with E-state index in [-0.39, 0.29) is 5.41 Å². The molecule has 1 aliphatic rings. The van der Waals surface area contributed by atoms with Crippen LogP contribution in [0.2, 0.25) is 0 Å². The van der Waals surface area contributed by atoms with Crippen molar-refractivity contribution in [1.82, 2.24) is 48.2 Å². The van der Waals surface area contributed by atoms with Crippen molar-refractivity contribution in [1.29, 1.82) is 0 Å². The quantitative estimate of drug-likeness (QED) is 0.131. The predicted octanol–water partition coefficient (Wildman–Crippen LogP) is 34.2. The zero-order valence-corrected chi connectivity index (χ0v) is 78.1. The summed E-state index contributed by atoms with van der Waals surface area (Å²) < 4.78 is 31.2. The summed E-state index contributed by atoms with van der Waals surface area (Å²) in [6.45, 7) is 4.71. The highest BCUT2D eigenvalue weighted by Crippen LogP contribution is 2.56. The average molecular weight is 1850 g/mol. The van der Waals surface area contributed by atoms with E-state index in [2.05, 4.69) is 372 Å². The Morgan fingerprint density at radius 2 is 0.552 bits per heavy atom. The van der Waals surface area contributed by atoms with Crippen molar-refractivity contribution in [3.8, 4) is 102 Å². The highest BCUT2D eigenvalue weighted by Gasteiger charge is 2.38. The normalized spacial score (nSPS) is 12.5. The second-order valence-corrected chi connectivity index (χ2v) is 38.5. The molecule has 31 rings (SSSR count). The number of hydrogen-bond acceptors (Lipinski definition) is 10. The van der Waals surface area contributed by atoms with Crippen LogP contribution in [-0.2, 0) is 5.41 Å². The summed E-state index contributed by atoms with van der Waals surface area (Å²) in [5.41, 5.74) is 31.9. The van der Waals surface area contributed by atoms with Gasteiger partial charge in [-0.3, -0.25) is 13.7 Å². The first-order valence-corrected chi connectivity index (χ1v) is 49.1. The number of aromatic nitrogens is 10. The maximum absolute atomic E-state index is 6.74. The zero-order chi connectivity index (χ0) is 94.2. The van der Waals surface area contributed by atoms with Crippen LogP contribution in [0.1, 0.15) is 25.0 Å². The summed E-state index contributed by atoms with van der Waals surface area (Å²) in [5, 5.41) is 18.4. The van der Waals surface area contributed by atoms with Crippen molar-refractivity contribution in [3.63, 3.8) is 0 Å². The molecule has 0 radical (unpaired) electrons. The molecule has 0 N–H and O–H groups in total. The highest BCUT2D eigenvalue weighted by molar-refractivity contribution is 7.26. The Labute approximate surface area is 821 Å². The lowest BCUT2D eigenvalue weighted by Gasteiger charge is -2.21. The van der Waals surface area contributed by atoms with Gasteiger partial charge < -0.3 is 17.8 Å². The fourth-order valence-electron chi connectivity index (χ4n) is 22.5. The Morgan fingerprint density at radius 1 is 0.210 bits per heavy atom. The maximum Gasteiger partial charge on any atom is 0.235 e. The lowest BCUT2D eigenvalue weighted by atomic mass is 9.82. The van der Waals surface area contributed by atoms with E-state index in [4.69, 9.17) is 43.2 Å². The molecule has 0 fully saturated rings. The van der Waals surface area contributed by atoms with Gasteiger partial charge in [-0.25, -0.2) is 29.9 Å². The van der Waals surface area contributed by atoms with Crippen molar-refractivity contribution < 1.29 is 13.3 Å². The van der Waals surface area contributed by atoms with E-state index in [0.717, 1.165) is 199 Å². The molecule has 143 heavy (non-hydrogen) atoms. The smallest absolute Gasteiger partial charge is 0.235 e. The minimum absolute atomic E-state index is 0.0225. The third-order valence-electron chi connectivity index (χ3n) is 29.0. The van der Waals surface area contributed by atoms with Gasteiger partial charge in [-0.1, -0.05) is 341 Å². The molecule has 19 aromatic carbocycles. The number of nitrogens with zero attached hydrogens (tertiary/aromatic N) is 10. The number of thiophene rings is 1. The largest absolute Gasteiger partial charge is 0.456 e. The summed E-state index contributed by atoms with van der Waals surface area (Å²) in [6, 6.07) is 157. The average Bonchev–Trinajstić information content (AvgIpc) is 1.54. The summed E-state index contributed by atoms with van der Waals surface area (Å²) in [6.07, 6.45) is 0.